The van der Waals surface area contributed by atoms with Crippen LogP contribution in [0.15, 0.2) is 18.2 Å². The minimum atomic E-state index is -0.333. The van der Waals surface area contributed by atoms with Crippen LogP contribution in [-0.4, -0.2) is 36.3 Å². The van der Waals surface area contributed by atoms with Crippen molar-refractivity contribution in [2.75, 3.05) is 20.2 Å². The number of benzene rings is 1. The average Bonchev–Trinajstić information content (AvgIpc) is 2.63. The maximum atomic E-state index is 9.50. The van der Waals surface area contributed by atoms with E-state index in [4.69, 9.17) is 10.5 Å². The predicted octanol–water partition coefficient (Wildman–Crippen LogP) is 0.891. The lowest BCUT2D eigenvalue weighted by atomic mass is 10.0. The smallest absolute Gasteiger partial charge is 0.119 e. The Morgan fingerprint density at radius 1 is 1.59 bits per heavy atom. The molecule has 1 aliphatic heterocycles. The maximum Gasteiger partial charge on any atom is 0.119 e. The van der Waals surface area contributed by atoms with Crippen molar-refractivity contribution in [2.24, 2.45) is 5.73 Å². The van der Waals surface area contributed by atoms with Crippen LogP contribution in [0.4, 0.5) is 0 Å². The number of nitrogens with zero attached hydrogens (tertiary/aromatic N) is 1. The molecule has 1 aromatic rings. The fraction of sp³-hybridized carbons (Fsp3) is 0.538. The minimum absolute atomic E-state index is 0.190. The second kappa shape index (κ2) is 5.04. The molecule has 94 valence electrons. The SMILES string of the molecule is COc1ccc2c(c1)C(CN)N(CC(C)O)C2. The number of fused-ring (bicyclic) bond motifs is 1. The number of ether oxygens (including phenoxy) is 1. The molecule has 0 aliphatic carbocycles. The van der Waals surface area contributed by atoms with Gasteiger partial charge in [-0.05, 0) is 30.2 Å². The number of β-amino-alcohol motifs (C(OH)–C–C–N with tert-alkyl or cyclic N) is 1. The van der Waals surface area contributed by atoms with Crippen LogP contribution in [0.2, 0.25) is 0 Å². The quantitative estimate of drug-likeness (QED) is 0.815. The van der Waals surface area contributed by atoms with Crippen LogP contribution in [0, 0.1) is 0 Å². The molecule has 2 rings (SSSR count). The Morgan fingerprint density at radius 3 is 2.94 bits per heavy atom. The van der Waals surface area contributed by atoms with Gasteiger partial charge in [0.05, 0.1) is 13.2 Å². The first-order chi connectivity index (χ1) is 8.15. The summed E-state index contributed by atoms with van der Waals surface area (Å²) < 4.78 is 5.24. The molecule has 0 radical (unpaired) electrons. The van der Waals surface area contributed by atoms with Crippen molar-refractivity contribution < 1.29 is 9.84 Å². The van der Waals surface area contributed by atoms with Crippen molar-refractivity contribution in [1.82, 2.24) is 4.90 Å². The van der Waals surface area contributed by atoms with Crippen molar-refractivity contribution in [2.45, 2.75) is 25.6 Å². The third-order valence-corrected chi connectivity index (χ3v) is 3.25. The van der Waals surface area contributed by atoms with E-state index in [0.717, 1.165) is 12.3 Å². The van der Waals surface area contributed by atoms with Gasteiger partial charge >= 0.3 is 0 Å². The van der Waals surface area contributed by atoms with Crippen molar-refractivity contribution in [3.05, 3.63) is 29.3 Å². The molecule has 4 nitrogen and oxygen atoms in total. The zero-order valence-corrected chi connectivity index (χ0v) is 10.4. The fourth-order valence-electron chi connectivity index (χ4n) is 2.49. The van der Waals surface area contributed by atoms with E-state index in [1.807, 2.05) is 6.07 Å². The van der Waals surface area contributed by atoms with Crippen molar-refractivity contribution in [3.63, 3.8) is 0 Å². The van der Waals surface area contributed by atoms with Crippen LogP contribution in [0.5, 0.6) is 5.75 Å². The van der Waals surface area contributed by atoms with Gasteiger partial charge < -0.3 is 15.6 Å². The van der Waals surface area contributed by atoms with Gasteiger partial charge in [0.25, 0.3) is 0 Å². The molecule has 0 bridgehead atoms. The molecule has 0 spiro atoms. The van der Waals surface area contributed by atoms with Crippen molar-refractivity contribution in [3.8, 4) is 5.75 Å². The van der Waals surface area contributed by atoms with Gasteiger partial charge in [-0.2, -0.15) is 0 Å². The van der Waals surface area contributed by atoms with E-state index < -0.39 is 0 Å². The number of rotatable bonds is 4. The Bertz CT molecular complexity index is 393. The van der Waals surface area contributed by atoms with E-state index >= 15 is 0 Å². The number of aliphatic hydroxyl groups is 1. The van der Waals surface area contributed by atoms with E-state index in [-0.39, 0.29) is 12.1 Å². The summed E-state index contributed by atoms with van der Waals surface area (Å²) in [6, 6.07) is 6.29. The Kier molecular flexibility index (Phi) is 3.66. The molecule has 0 fully saturated rings. The molecule has 0 amide bonds. The van der Waals surface area contributed by atoms with Crippen LogP contribution in [0.25, 0.3) is 0 Å². The minimum Gasteiger partial charge on any atom is -0.497 e. The zero-order chi connectivity index (χ0) is 12.4. The molecule has 1 heterocycles. The van der Waals surface area contributed by atoms with E-state index in [1.165, 1.54) is 11.1 Å². The lowest BCUT2D eigenvalue weighted by molar-refractivity contribution is 0.105. The van der Waals surface area contributed by atoms with E-state index in [1.54, 1.807) is 14.0 Å². The van der Waals surface area contributed by atoms with Gasteiger partial charge in [0.15, 0.2) is 0 Å². The normalized spacial score (nSPS) is 21.3. The van der Waals surface area contributed by atoms with Crippen molar-refractivity contribution >= 4 is 0 Å². The summed E-state index contributed by atoms with van der Waals surface area (Å²) in [6.07, 6.45) is -0.333. The standard InChI is InChI=1S/C13H20N2O2/c1-9(16)7-15-8-10-3-4-11(17-2)5-12(10)13(15)6-14/h3-5,9,13,16H,6-8,14H2,1-2H3. The largest absolute Gasteiger partial charge is 0.497 e. The monoisotopic (exact) mass is 236 g/mol. The molecular weight excluding hydrogens is 216 g/mol. The third kappa shape index (κ3) is 2.44. The molecule has 1 aromatic carbocycles. The molecular formula is C13H20N2O2. The van der Waals surface area contributed by atoms with E-state index in [0.29, 0.717) is 13.1 Å². The molecule has 0 saturated carbocycles. The molecule has 4 heteroatoms. The number of hydrogen-bond donors (Lipinski definition) is 2. The lowest BCUT2D eigenvalue weighted by Gasteiger charge is -2.24. The second-order valence-electron chi connectivity index (χ2n) is 4.59. The van der Waals surface area contributed by atoms with Crippen molar-refractivity contribution in [1.29, 1.82) is 0 Å². The summed E-state index contributed by atoms with van der Waals surface area (Å²) in [5, 5.41) is 9.50. The van der Waals surface area contributed by atoms with Crippen LogP contribution in [0.3, 0.4) is 0 Å². The average molecular weight is 236 g/mol. The van der Waals surface area contributed by atoms with E-state index in [9.17, 15) is 5.11 Å². The van der Waals surface area contributed by atoms with Gasteiger partial charge in [-0.1, -0.05) is 6.07 Å². The zero-order valence-electron chi connectivity index (χ0n) is 10.4. The van der Waals surface area contributed by atoms with Crippen LogP contribution < -0.4 is 10.5 Å². The number of hydrogen-bond acceptors (Lipinski definition) is 4. The second-order valence-corrected chi connectivity index (χ2v) is 4.59. The molecule has 2 unspecified atom stereocenters. The van der Waals surface area contributed by atoms with E-state index in [2.05, 4.69) is 17.0 Å². The maximum absolute atomic E-state index is 9.50. The first-order valence-electron chi connectivity index (χ1n) is 5.94. The highest BCUT2D eigenvalue weighted by atomic mass is 16.5. The summed E-state index contributed by atoms with van der Waals surface area (Å²) in [6.45, 7) is 3.87. The van der Waals surface area contributed by atoms with Crippen LogP contribution >= 0.6 is 0 Å². The first-order valence-corrected chi connectivity index (χ1v) is 5.94. The summed E-state index contributed by atoms with van der Waals surface area (Å²) in [7, 11) is 1.67. The Balaban J connectivity index is 2.25. The van der Waals surface area contributed by atoms with Gasteiger partial charge in [-0.3, -0.25) is 4.90 Å². The van der Waals surface area contributed by atoms with Gasteiger partial charge in [0.1, 0.15) is 5.75 Å². The third-order valence-electron chi connectivity index (χ3n) is 3.25. The van der Waals surface area contributed by atoms with Gasteiger partial charge in [-0.25, -0.2) is 0 Å². The van der Waals surface area contributed by atoms with Crippen LogP contribution in [-0.2, 0) is 6.54 Å². The molecule has 0 saturated heterocycles. The lowest BCUT2D eigenvalue weighted by Crippen LogP contribution is -2.33. The Hall–Kier alpha value is -1.10. The van der Waals surface area contributed by atoms with Gasteiger partial charge in [-0.15, -0.1) is 0 Å². The highest BCUT2D eigenvalue weighted by Crippen LogP contribution is 2.35. The number of nitrogens with two attached hydrogens (primary N) is 1. The summed E-state index contributed by atoms with van der Waals surface area (Å²) in [4.78, 5) is 2.22. The summed E-state index contributed by atoms with van der Waals surface area (Å²) in [5.74, 6) is 0.862. The topological polar surface area (TPSA) is 58.7 Å². The summed E-state index contributed by atoms with van der Waals surface area (Å²) in [5.41, 5.74) is 8.35. The van der Waals surface area contributed by atoms with Gasteiger partial charge in [0, 0.05) is 25.7 Å². The molecule has 1 aliphatic rings. The molecule has 17 heavy (non-hydrogen) atoms. The fourth-order valence-corrected chi connectivity index (χ4v) is 2.49. The predicted molar refractivity (Wildman–Crippen MR) is 66.9 cm³/mol. The molecule has 0 aromatic heterocycles. The molecule has 2 atom stereocenters. The molecule has 3 N–H and O–H groups in total. The number of methoxy groups -OCH3 is 1. The highest BCUT2D eigenvalue weighted by molar-refractivity contribution is 5.40. The Labute approximate surface area is 102 Å². The van der Waals surface area contributed by atoms with Crippen LogP contribution in [0.1, 0.15) is 24.1 Å². The number of aliphatic hydroxyl groups excluding tert-OH is 1. The highest BCUT2D eigenvalue weighted by Gasteiger charge is 2.29. The van der Waals surface area contributed by atoms with Gasteiger partial charge in [0.2, 0.25) is 0 Å². The first kappa shape index (κ1) is 12.4. The Morgan fingerprint density at radius 2 is 2.35 bits per heavy atom. The summed E-state index contributed by atoms with van der Waals surface area (Å²) >= 11 is 0.